The minimum Gasteiger partial charge on any atom is -0.381 e. The normalized spacial score (nSPS) is 9.00. The SMILES string of the molecule is CC.CC.CC.CCN(C)CCCCNc1c(C)c(=O)c1=O. The summed E-state index contributed by atoms with van der Waals surface area (Å²) in [5.74, 6) is 0. The first-order valence-electron chi connectivity index (χ1n) is 8.80. The van der Waals surface area contributed by atoms with Crippen molar-refractivity contribution in [1.82, 2.24) is 4.90 Å². The van der Waals surface area contributed by atoms with Crippen LogP contribution in [0, 0.1) is 6.92 Å². The van der Waals surface area contributed by atoms with E-state index in [1.807, 2.05) is 41.5 Å². The lowest BCUT2D eigenvalue weighted by molar-refractivity contribution is 0.345. The van der Waals surface area contributed by atoms with Gasteiger partial charge >= 0.3 is 0 Å². The largest absolute Gasteiger partial charge is 0.381 e. The summed E-state index contributed by atoms with van der Waals surface area (Å²) in [5.41, 5.74) is 0.404. The van der Waals surface area contributed by atoms with Crippen LogP contribution in [0.4, 0.5) is 5.69 Å². The van der Waals surface area contributed by atoms with Crippen molar-refractivity contribution in [2.24, 2.45) is 0 Å². The molecule has 4 heteroatoms. The van der Waals surface area contributed by atoms with E-state index in [4.69, 9.17) is 0 Å². The van der Waals surface area contributed by atoms with Crippen LogP contribution in [0.15, 0.2) is 9.59 Å². The van der Waals surface area contributed by atoms with Crippen LogP contribution in [-0.2, 0) is 0 Å². The van der Waals surface area contributed by atoms with Crippen LogP contribution in [-0.4, -0.2) is 31.6 Å². The Balaban J connectivity index is -0.000000535. The second-order valence-electron chi connectivity index (χ2n) is 4.19. The monoisotopic (exact) mass is 314 g/mol. The Morgan fingerprint density at radius 3 is 1.82 bits per heavy atom. The Morgan fingerprint density at radius 2 is 1.41 bits per heavy atom. The summed E-state index contributed by atoms with van der Waals surface area (Å²) in [6.07, 6.45) is 2.12. The third-order valence-electron chi connectivity index (χ3n) is 2.96. The van der Waals surface area contributed by atoms with Crippen molar-refractivity contribution in [3.05, 3.63) is 26.0 Å². The standard InChI is InChI=1S/C12H20N2O2.3C2H6/c1-4-14(3)8-6-5-7-13-10-9(2)11(15)12(10)16;3*1-2/h13H,4-8H2,1-3H3;3*1-2H3. The molecule has 1 rings (SSSR count). The molecule has 132 valence electrons. The predicted molar refractivity (Wildman–Crippen MR) is 101 cm³/mol. The molecule has 1 aromatic rings. The van der Waals surface area contributed by atoms with Gasteiger partial charge in [0.1, 0.15) is 0 Å². The molecule has 0 aliphatic heterocycles. The summed E-state index contributed by atoms with van der Waals surface area (Å²) in [4.78, 5) is 24.3. The molecule has 0 amide bonds. The molecule has 0 unspecified atom stereocenters. The number of rotatable bonds is 7. The van der Waals surface area contributed by atoms with Crippen LogP contribution in [0.1, 0.15) is 66.9 Å². The van der Waals surface area contributed by atoms with E-state index in [-0.39, 0.29) is 10.9 Å². The van der Waals surface area contributed by atoms with Crippen LogP contribution >= 0.6 is 0 Å². The van der Waals surface area contributed by atoms with Gasteiger partial charge in [-0.2, -0.15) is 0 Å². The van der Waals surface area contributed by atoms with E-state index >= 15 is 0 Å². The van der Waals surface area contributed by atoms with E-state index in [9.17, 15) is 9.59 Å². The summed E-state index contributed by atoms with van der Waals surface area (Å²) < 4.78 is 0. The quantitative estimate of drug-likeness (QED) is 0.614. The fourth-order valence-electron chi connectivity index (χ4n) is 1.60. The minimum absolute atomic E-state index is 0.340. The second kappa shape index (κ2) is 17.9. The second-order valence-corrected chi connectivity index (χ2v) is 4.19. The van der Waals surface area contributed by atoms with Crippen molar-refractivity contribution in [2.75, 3.05) is 32.0 Å². The number of unbranched alkanes of at least 4 members (excludes halogenated alkanes) is 1. The summed E-state index contributed by atoms with van der Waals surface area (Å²) in [5, 5.41) is 3.03. The third-order valence-corrected chi connectivity index (χ3v) is 2.96. The van der Waals surface area contributed by atoms with Gasteiger partial charge in [0.25, 0.3) is 0 Å². The molecule has 0 fully saturated rings. The van der Waals surface area contributed by atoms with Gasteiger partial charge in [0.05, 0.1) is 5.69 Å². The molecular weight excluding hydrogens is 276 g/mol. The van der Waals surface area contributed by atoms with Crippen LogP contribution in [0.3, 0.4) is 0 Å². The van der Waals surface area contributed by atoms with Crippen molar-refractivity contribution >= 4 is 5.69 Å². The lowest BCUT2D eigenvalue weighted by atomic mass is 10.1. The Bertz CT molecular complexity index is 407. The molecule has 1 aromatic carbocycles. The average Bonchev–Trinajstić information content (AvgIpc) is 2.61. The zero-order valence-electron chi connectivity index (χ0n) is 16.3. The molecule has 0 atom stereocenters. The Hall–Kier alpha value is -1.16. The summed E-state index contributed by atoms with van der Waals surface area (Å²) in [6, 6.07) is 0. The van der Waals surface area contributed by atoms with E-state index in [1.54, 1.807) is 6.92 Å². The molecule has 0 bridgehead atoms. The molecule has 4 nitrogen and oxygen atoms in total. The summed E-state index contributed by atoms with van der Waals surface area (Å²) in [6.45, 7) is 18.7. The van der Waals surface area contributed by atoms with Gasteiger partial charge in [-0.1, -0.05) is 48.5 Å². The van der Waals surface area contributed by atoms with Gasteiger partial charge in [-0.3, -0.25) is 9.59 Å². The van der Waals surface area contributed by atoms with Crippen LogP contribution in [0.5, 0.6) is 0 Å². The fraction of sp³-hybridized carbons (Fsp3) is 0.778. The first-order chi connectivity index (χ1) is 10.6. The van der Waals surface area contributed by atoms with E-state index in [0.717, 1.165) is 32.5 Å². The smallest absolute Gasteiger partial charge is 0.249 e. The summed E-state index contributed by atoms with van der Waals surface area (Å²) in [7, 11) is 2.09. The van der Waals surface area contributed by atoms with E-state index in [0.29, 0.717) is 11.3 Å². The van der Waals surface area contributed by atoms with Gasteiger partial charge in [-0.05, 0) is 39.9 Å². The average molecular weight is 315 g/mol. The first kappa shape index (κ1) is 25.8. The number of anilines is 1. The molecule has 0 saturated heterocycles. The molecule has 0 heterocycles. The highest BCUT2D eigenvalue weighted by atomic mass is 16.2. The van der Waals surface area contributed by atoms with Gasteiger partial charge < -0.3 is 10.2 Å². The maximum absolute atomic E-state index is 11.1. The highest BCUT2D eigenvalue weighted by molar-refractivity contribution is 5.55. The number of hydrogen-bond acceptors (Lipinski definition) is 4. The lowest BCUT2D eigenvalue weighted by Gasteiger charge is -2.14. The highest BCUT2D eigenvalue weighted by Gasteiger charge is 2.15. The fourth-order valence-corrected chi connectivity index (χ4v) is 1.60. The third kappa shape index (κ3) is 9.72. The first-order valence-corrected chi connectivity index (χ1v) is 8.80. The van der Waals surface area contributed by atoms with Crippen LogP contribution in [0.25, 0.3) is 0 Å². The molecule has 1 N–H and O–H groups in total. The number of hydrogen-bond donors (Lipinski definition) is 1. The maximum atomic E-state index is 11.1. The van der Waals surface area contributed by atoms with Gasteiger partial charge in [-0.25, -0.2) is 0 Å². The minimum atomic E-state index is -0.358. The molecule has 0 radical (unpaired) electrons. The Kier molecular flexibility index (Phi) is 21.0. The zero-order valence-corrected chi connectivity index (χ0v) is 16.3. The molecule has 0 aromatic heterocycles. The van der Waals surface area contributed by atoms with Gasteiger partial charge in [0.15, 0.2) is 0 Å². The van der Waals surface area contributed by atoms with Crippen molar-refractivity contribution in [1.29, 1.82) is 0 Å². The van der Waals surface area contributed by atoms with Crippen molar-refractivity contribution < 1.29 is 0 Å². The molecule has 0 saturated carbocycles. The molecule has 22 heavy (non-hydrogen) atoms. The maximum Gasteiger partial charge on any atom is 0.249 e. The van der Waals surface area contributed by atoms with Gasteiger partial charge in [0.2, 0.25) is 10.9 Å². The molecular formula is C18H38N2O2. The van der Waals surface area contributed by atoms with Gasteiger partial charge in [-0.15, -0.1) is 0 Å². The Labute approximate surface area is 137 Å². The van der Waals surface area contributed by atoms with E-state index in [1.165, 1.54) is 0 Å². The lowest BCUT2D eigenvalue weighted by Crippen LogP contribution is -2.37. The van der Waals surface area contributed by atoms with E-state index < -0.39 is 0 Å². The van der Waals surface area contributed by atoms with Crippen molar-refractivity contribution in [3.63, 3.8) is 0 Å². The zero-order chi connectivity index (χ0) is 18.1. The van der Waals surface area contributed by atoms with E-state index in [2.05, 4.69) is 24.2 Å². The van der Waals surface area contributed by atoms with Crippen molar-refractivity contribution in [3.8, 4) is 0 Å². The van der Waals surface area contributed by atoms with Crippen LogP contribution < -0.4 is 16.2 Å². The van der Waals surface area contributed by atoms with Crippen molar-refractivity contribution in [2.45, 2.75) is 68.2 Å². The molecule has 0 spiro atoms. The highest BCUT2D eigenvalue weighted by Crippen LogP contribution is 2.05. The number of nitrogens with one attached hydrogen (secondary N) is 1. The Morgan fingerprint density at radius 1 is 0.909 bits per heavy atom. The molecule has 0 aliphatic rings. The topological polar surface area (TPSA) is 49.4 Å². The van der Waals surface area contributed by atoms with Crippen LogP contribution in [0.2, 0.25) is 0 Å². The summed E-state index contributed by atoms with van der Waals surface area (Å²) >= 11 is 0. The predicted octanol–water partition coefficient (Wildman–Crippen LogP) is 3.81. The number of nitrogens with zero attached hydrogens (tertiary/aromatic N) is 1. The van der Waals surface area contributed by atoms with Gasteiger partial charge in [0, 0.05) is 12.1 Å². The molecule has 0 aliphatic carbocycles.